The van der Waals surface area contributed by atoms with Gasteiger partial charge < -0.3 is 10.2 Å². The van der Waals surface area contributed by atoms with Crippen LogP contribution in [0.3, 0.4) is 0 Å². The monoisotopic (exact) mass is 441 g/mol. The van der Waals surface area contributed by atoms with Crippen LogP contribution in [-0.4, -0.2) is 27.1 Å². The van der Waals surface area contributed by atoms with Crippen molar-refractivity contribution < 1.29 is 19.8 Å². The number of rotatable bonds is 6. The van der Waals surface area contributed by atoms with E-state index in [2.05, 4.69) is 77.8 Å². The molecule has 1 heterocycles. The number of aromatic nitrogens is 1. The highest BCUT2D eigenvalue weighted by Crippen LogP contribution is 2.41. The van der Waals surface area contributed by atoms with Gasteiger partial charge in [-0.1, -0.05) is 66.7 Å². The van der Waals surface area contributed by atoms with E-state index in [1.54, 1.807) is 0 Å². The highest BCUT2D eigenvalue weighted by molar-refractivity contribution is 5.91. The van der Waals surface area contributed by atoms with Crippen molar-refractivity contribution in [2.45, 2.75) is 25.7 Å². The van der Waals surface area contributed by atoms with Gasteiger partial charge in [0.2, 0.25) is 0 Å². The molecule has 4 rings (SSSR count). The number of allylic oxidation sites excluding steroid dienone is 2. The van der Waals surface area contributed by atoms with E-state index in [0.29, 0.717) is 18.1 Å². The minimum atomic E-state index is -1.26. The van der Waals surface area contributed by atoms with Gasteiger partial charge in [-0.3, -0.25) is 4.98 Å². The minimum Gasteiger partial charge on any atom is -0.478 e. The minimum absolute atomic E-state index is 0.558. The second-order valence-electron chi connectivity index (χ2n) is 7.83. The summed E-state index contributed by atoms with van der Waals surface area (Å²) in [6.07, 6.45) is 7.60. The third-order valence-corrected chi connectivity index (χ3v) is 5.50. The van der Waals surface area contributed by atoms with E-state index in [9.17, 15) is 9.59 Å². The van der Waals surface area contributed by atoms with Crippen molar-refractivity contribution in [1.82, 2.24) is 4.98 Å². The molecule has 1 atom stereocenters. The number of carboxylic acids is 2. The normalized spacial score (nSPS) is 15.6. The topological polar surface area (TPSA) is 87.5 Å². The Morgan fingerprint density at radius 3 is 1.85 bits per heavy atom. The van der Waals surface area contributed by atoms with Crippen LogP contribution in [0.5, 0.6) is 0 Å². The fourth-order valence-corrected chi connectivity index (χ4v) is 4.03. The summed E-state index contributed by atoms with van der Waals surface area (Å²) >= 11 is 0. The van der Waals surface area contributed by atoms with Crippen LogP contribution in [0, 0.1) is 5.92 Å². The summed E-state index contributed by atoms with van der Waals surface area (Å²) < 4.78 is 0. The average molecular weight is 442 g/mol. The highest BCUT2D eigenvalue weighted by atomic mass is 16.4. The summed E-state index contributed by atoms with van der Waals surface area (Å²) in [5.41, 5.74) is 6.98. The largest absolute Gasteiger partial charge is 0.478 e. The predicted octanol–water partition coefficient (Wildman–Crippen LogP) is 5.75. The highest BCUT2D eigenvalue weighted by Gasteiger charge is 2.23. The molecule has 3 aromatic rings. The fraction of sp³-hybridized carbons (Fsp3) is 0.179. The lowest BCUT2D eigenvalue weighted by molar-refractivity contribution is -0.134. The maximum Gasteiger partial charge on any atom is 0.328 e. The first-order valence-corrected chi connectivity index (χ1v) is 10.9. The second kappa shape index (κ2) is 12.2. The Kier molecular flexibility index (Phi) is 8.71. The molecular formula is C28H27NO4. The predicted molar refractivity (Wildman–Crippen MR) is 129 cm³/mol. The quantitative estimate of drug-likeness (QED) is 0.476. The molecule has 0 saturated carbocycles. The van der Waals surface area contributed by atoms with Crippen LogP contribution in [0.15, 0.2) is 97.2 Å². The number of pyridine rings is 1. The van der Waals surface area contributed by atoms with Crippen LogP contribution in [0.2, 0.25) is 0 Å². The molecule has 0 radical (unpaired) electrons. The van der Waals surface area contributed by atoms with E-state index in [1.165, 1.54) is 34.4 Å². The molecule has 0 unspecified atom stereocenters. The molecule has 33 heavy (non-hydrogen) atoms. The van der Waals surface area contributed by atoms with Crippen molar-refractivity contribution in [1.29, 1.82) is 0 Å². The number of benzene rings is 2. The van der Waals surface area contributed by atoms with Gasteiger partial charge in [0, 0.05) is 24.0 Å². The van der Waals surface area contributed by atoms with E-state index in [0.717, 1.165) is 19.3 Å². The average Bonchev–Trinajstić information content (AvgIpc) is 2.85. The number of nitrogens with zero attached hydrogens (tertiary/aromatic N) is 1. The van der Waals surface area contributed by atoms with Gasteiger partial charge >= 0.3 is 11.9 Å². The smallest absolute Gasteiger partial charge is 0.328 e. The van der Waals surface area contributed by atoms with Crippen molar-refractivity contribution in [3.8, 4) is 0 Å². The Morgan fingerprint density at radius 1 is 0.788 bits per heavy atom. The maximum absolute atomic E-state index is 9.55. The number of aliphatic carboxylic acids is 2. The van der Waals surface area contributed by atoms with Crippen LogP contribution in [0.25, 0.3) is 11.1 Å². The molecule has 5 nitrogen and oxygen atoms in total. The molecular weight excluding hydrogens is 414 g/mol. The van der Waals surface area contributed by atoms with Gasteiger partial charge in [-0.15, -0.1) is 0 Å². The summed E-state index contributed by atoms with van der Waals surface area (Å²) in [5, 5.41) is 15.6. The third-order valence-electron chi connectivity index (χ3n) is 5.50. The zero-order chi connectivity index (χ0) is 23.5. The Bertz CT molecular complexity index is 1090. The molecule has 1 aliphatic carbocycles. The van der Waals surface area contributed by atoms with Gasteiger partial charge in [-0.25, -0.2) is 9.59 Å². The molecule has 0 spiro atoms. The second-order valence-corrected chi connectivity index (χ2v) is 7.83. The molecule has 2 aromatic carbocycles. The van der Waals surface area contributed by atoms with E-state index in [4.69, 9.17) is 10.2 Å². The standard InChI is InChI=1S/C24H23N.C4H4O4/c1-3-9-20(10-4-1)23-15-14-19(17-22-13-7-8-16-25-22)18-24(23)21-11-5-2-6-12-21;5-3(6)1-2-4(7)8/h1-13,16,19H,14-15,17-18H2;1-2H,(H,5,6)(H,7,8)/b;2-1-/t19-;/m0./s1. The number of hydrogen-bond acceptors (Lipinski definition) is 3. The molecule has 0 aliphatic heterocycles. The summed E-state index contributed by atoms with van der Waals surface area (Å²) in [6.45, 7) is 0. The SMILES string of the molecule is O=C(O)/C=C\C(=O)O.c1ccc(C2=C(c3ccccc3)C[C@H](Cc3ccccn3)CC2)cc1. The van der Waals surface area contributed by atoms with Crippen LogP contribution >= 0.6 is 0 Å². The van der Waals surface area contributed by atoms with Crippen LogP contribution in [-0.2, 0) is 16.0 Å². The van der Waals surface area contributed by atoms with Crippen molar-refractivity contribution in [3.05, 3.63) is 114 Å². The number of carboxylic acid groups (broad SMARTS) is 2. The lowest BCUT2D eigenvalue weighted by atomic mass is 9.77. The Labute approximate surface area is 193 Å². The van der Waals surface area contributed by atoms with Crippen molar-refractivity contribution >= 4 is 23.1 Å². The molecule has 1 aliphatic rings. The molecule has 5 heteroatoms. The van der Waals surface area contributed by atoms with Crippen LogP contribution in [0.1, 0.15) is 36.1 Å². The molecule has 1 aromatic heterocycles. The molecule has 168 valence electrons. The van der Waals surface area contributed by atoms with Gasteiger partial charge in [-0.05, 0) is 66.0 Å². The molecule has 0 fully saturated rings. The molecule has 0 bridgehead atoms. The van der Waals surface area contributed by atoms with Gasteiger partial charge in [0.25, 0.3) is 0 Å². The third kappa shape index (κ3) is 7.58. The Morgan fingerprint density at radius 2 is 1.33 bits per heavy atom. The van der Waals surface area contributed by atoms with E-state index in [1.807, 2.05) is 12.3 Å². The summed E-state index contributed by atoms with van der Waals surface area (Å²) in [7, 11) is 0. The summed E-state index contributed by atoms with van der Waals surface area (Å²) in [6, 6.07) is 28.0. The number of hydrogen-bond donors (Lipinski definition) is 2. The van der Waals surface area contributed by atoms with Gasteiger partial charge in [0.15, 0.2) is 0 Å². The first-order valence-electron chi connectivity index (χ1n) is 10.9. The van der Waals surface area contributed by atoms with Crippen molar-refractivity contribution in [3.63, 3.8) is 0 Å². The Balaban J connectivity index is 0.000000331. The van der Waals surface area contributed by atoms with Crippen LogP contribution in [0.4, 0.5) is 0 Å². The zero-order valence-electron chi connectivity index (χ0n) is 18.3. The number of carbonyl (C=O) groups is 2. The van der Waals surface area contributed by atoms with E-state index < -0.39 is 11.9 Å². The molecule has 0 saturated heterocycles. The summed E-state index contributed by atoms with van der Waals surface area (Å²) in [4.78, 5) is 23.6. The summed E-state index contributed by atoms with van der Waals surface area (Å²) in [5.74, 6) is -1.85. The Hall–Kier alpha value is -3.99. The van der Waals surface area contributed by atoms with Gasteiger partial charge in [0.1, 0.15) is 0 Å². The van der Waals surface area contributed by atoms with E-state index >= 15 is 0 Å². The van der Waals surface area contributed by atoms with Gasteiger partial charge in [0.05, 0.1) is 0 Å². The maximum atomic E-state index is 9.55. The van der Waals surface area contributed by atoms with Crippen molar-refractivity contribution in [2.75, 3.05) is 0 Å². The van der Waals surface area contributed by atoms with Crippen LogP contribution < -0.4 is 0 Å². The van der Waals surface area contributed by atoms with E-state index in [-0.39, 0.29) is 0 Å². The lowest BCUT2D eigenvalue weighted by Crippen LogP contribution is -2.13. The zero-order valence-corrected chi connectivity index (χ0v) is 18.3. The fourth-order valence-electron chi connectivity index (χ4n) is 4.03. The lowest BCUT2D eigenvalue weighted by Gasteiger charge is -2.28. The van der Waals surface area contributed by atoms with Gasteiger partial charge in [-0.2, -0.15) is 0 Å². The first kappa shape index (κ1) is 23.7. The van der Waals surface area contributed by atoms with Crippen molar-refractivity contribution in [2.24, 2.45) is 5.92 Å². The molecule has 0 amide bonds. The molecule has 2 N–H and O–H groups in total. The first-order chi connectivity index (χ1) is 16.0.